The molecule has 1 heterocycles. The summed E-state index contributed by atoms with van der Waals surface area (Å²) in [4.78, 5) is 37.0. The van der Waals surface area contributed by atoms with E-state index in [1.165, 1.54) is 19.1 Å². The first kappa shape index (κ1) is 16.1. The van der Waals surface area contributed by atoms with E-state index < -0.39 is 28.9 Å². The zero-order chi connectivity index (χ0) is 17.0. The van der Waals surface area contributed by atoms with Gasteiger partial charge in [-0.1, -0.05) is 0 Å². The van der Waals surface area contributed by atoms with Crippen molar-refractivity contribution in [3.8, 4) is 0 Å². The van der Waals surface area contributed by atoms with E-state index in [0.29, 0.717) is 0 Å². The van der Waals surface area contributed by atoms with Crippen LogP contribution in [0.2, 0.25) is 0 Å². The molecule has 0 aliphatic rings. The highest BCUT2D eigenvalue weighted by Crippen LogP contribution is 2.28. The SMILES string of the molecule is CC(=O)Nc1ccc(C(=O)Nc2c(F)ccc(N=O)c2F)cn1. The Morgan fingerprint density at radius 3 is 2.43 bits per heavy atom. The highest BCUT2D eigenvalue weighted by atomic mass is 19.1. The zero-order valence-electron chi connectivity index (χ0n) is 11.8. The fraction of sp³-hybridized carbons (Fsp3) is 0.0714. The molecule has 23 heavy (non-hydrogen) atoms. The summed E-state index contributed by atoms with van der Waals surface area (Å²) in [6.45, 7) is 1.29. The molecule has 7 nitrogen and oxygen atoms in total. The van der Waals surface area contributed by atoms with Crippen LogP contribution in [0.3, 0.4) is 0 Å². The third kappa shape index (κ3) is 3.70. The average Bonchev–Trinajstić information content (AvgIpc) is 2.51. The summed E-state index contributed by atoms with van der Waals surface area (Å²) in [5, 5.41) is 6.82. The minimum atomic E-state index is -1.27. The van der Waals surface area contributed by atoms with E-state index >= 15 is 0 Å². The average molecular weight is 320 g/mol. The van der Waals surface area contributed by atoms with Crippen molar-refractivity contribution < 1.29 is 18.4 Å². The number of nitroso groups, excluding NO2 is 1. The van der Waals surface area contributed by atoms with Crippen LogP contribution < -0.4 is 10.6 Å². The van der Waals surface area contributed by atoms with Crippen LogP contribution in [0.15, 0.2) is 35.6 Å². The summed E-state index contributed by atoms with van der Waals surface area (Å²) >= 11 is 0. The highest BCUT2D eigenvalue weighted by molar-refractivity contribution is 6.04. The first-order chi connectivity index (χ1) is 10.9. The third-order valence-corrected chi connectivity index (χ3v) is 2.74. The molecule has 0 saturated heterocycles. The van der Waals surface area contributed by atoms with Gasteiger partial charge in [0.25, 0.3) is 5.91 Å². The summed E-state index contributed by atoms with van der Waals surface area (Å²) in [5.74, 6) is -3.27. The first-order valence-electron chi connectivity index (χ1n) is 6.28. The van der Waals surface area contributed by atoms with E-state index in [-0.39, 0.29) is 17.3 Å². The number of hydrogen-bond acceptors (Lipinski definition) is 5. The van der Waals surface area contributed by atoms with Crippen LogP contribution in [0.4, 0.5) is 26.0 Å². The number of aromatic nitrogens is 1. The van der Waals surface area contributed by atoms with E-state index in [0.717, 1.165) is 18.3 Å². The van der Waals surface area contributed by atoms with Crippen LogP contribution >= 0.6 is 0 Å². The smallest absolute Gasteiger partial charge is 0.257 e. The number of amides is 2. The molecule has 2 aromatic rings. The molecule has 0 bridgehead atoms. The maximum absolute atomic E-state index is 13.8. The van der Waals surface area contributed by atoms with Crippen molar-refractivity contribution in [3.05, 3.63) is 52.6 Å². The number of carbonyl (C=O) groups is 2. The van der Waals surface area contributed by atoms with Crippen LogP contribution in [0.25, 0.3) is 0 Å². The van der Waals surface area contributed by atoms with E-state index in [9.17, 15) is 23.3 Å². The number of halogens is 2. The molecule has 0 saturated carbocycles. The van der Waals surface area contributed by atoms with Gasteiger partial charge in [-0.3, -0.25) is 9.59 Å². The number of pyridine rings is 1. The molecule has 118 valence electrons. The molecule has 0 spiro atoms. The van der Waals surface area contributed by atoms with E-state index in [2.05, 4.69) is 15.5 Å². The number of benzene rings is 1. The molecule has 0 aliphatic heterocycles. The van der Waals surface area contributed by atoms with Crippen molar-refractivity contribution >= 4 is 29.0 Å². The summed E-state index contributed by atoms with van der Waals surface area (Å²) in [5.41, 5.74) is -1.40. The number of hydrogen-bond donors (Lipinski definition) is 2. The standard InChI is InChI=1S/C14H10F2N4O3/c1-7(21)18-11-5-2-8(6-17-11)14(22)19-13-9(15)3-4-10(20-23)12(13)16/h2-6H,1H3,(H,19,22)(H,17,18,21). The van der Waals surface area contributed by atoms with Crippen molar-refractivity contribution in [2.24, 2.45) is 5.18 Å². The topological polar surface area (TPSA) is 101 Å². The fourth-order valence-corrected chi connectivity index (χ4v) is 1.69. The van der Waals surface area contributed by atoms with Crippen LogP contribution in [-0.2, 0) is 4.79 Å². The van der Waals surface area contributed by atoms with Crippen LogP contribution in [-0.4, -0.2) is 16.8 Å². The van der Waals surface area contributed by atoms with E-state index in [1.54, 1.807) is 0 Å². The lowest BCUT2D eigenvalue weighted by atomic mass is 10.2. The Labute approximate surface area is 128 Å². The van der Waals surface area contributed by atoms with Gasteiger partial charge < -0.3 is 10.6 Å². The van der Waals surface area contributed by atoms with Gasteiger partial charge in [0.2, 0.25) is 5.91 Å². The first-order valence-corrected chi connectivity index (χ1v) is 6.28. The van der Waals surface area contributed by atoms with Gasteiger partial charge in [0, 0.05) is 13.1 Å². The molecule has 0 aliphatic carbocycles. The molecular weight excluding hydrogens is 310 g/mol. The van der Waals surface area contributed by atoms with Gasteiger partial charge in [-0.15, -0.1) is 4.91 Å². The van der Waals surface area contributed by atoms with Crippen molar-refractivity contribution in [1.82, 2.24) is 4.98 Å². The Balaban J connectivity index is 2.22. The minimum Gasteiger partial charge on any atom is -0.317 e. The van der Waals surface area contributed by atoms with Crippen LogP contribution in [0.5, 0.6) is 0 Å². The molecule has 2 rings (SSSR count). The Morgan fingerprint density at radius 1 is 1.13 bits per heavy atom. The lowest BCUT2D eigenvalue weighted by molar-refractivity contribution is -0.114. The van der Waals surface area contributed by atoms with Gasteiger partial charge in [0.05, 0.1) is 5.56 Å². The molecule has 2 N–H and O–H groups in total. The molecule has 1 aromatic heterocycles. The maximum Gasteiger partial charge on any atom is 0.257 e. The normalized spacial score (nSPS) is 10.0. The maximum atomic E-state index is 13.8. The number of nitrogens with one attached hydrogen (secondary N) is 2. The Bertz CT molecular complexity index is 778. The van der Waals surface area contributed by atoms with Crippen LogP contribution in [0.1, 0.15) is 17.3 Å². The quantitative estimate of drug-likeness (QED) is 0.846. The second kappa shape index (κ2) is 6.69. The summed E-state index contributed by atoms with van der Waals surface area (Å²) in [6, 6.07) is 4.34. The van der Waals surface area contributed by atoms with E-state index in [1.807, 2.05) is 5.32 Å². The van der Waals surface area contributed by atoms with Gasteiger partial charge in [-0.25, -0.2) is 13.8 Å². The molecule has 0 fully saturated rings. The number of rotatable bonds is 4. The minimum absolute atomic E-state index is 0.00219. The summed E-state index contributed by atoms with van der Waals surface area (Å²) < 4.78 is 27.4. The largest absolute Gasteiger partial charge is 0.317 e. The second-order valence-electron chi connectivity index (χ2n) is 4.41. The number of anilines is 2. The van der Waals surface area contributed by atoms with Gasteiger partial charge in [0.15, 0.2) is 5.82 Å². The predicted molar refractivity (Wildman–Crippen MR) is 78.3 cm³/mol. The second-order valence-corrected chi connectivity index (χ2v) is 4.41. The Hall–Kier alpha value is -3.23. The Kier molecular flexibility index (Phi) is 4.69. The zero-order valence-corrected chi connectivity index (χ0v) is 11.8. The van der Waals surface area contributed by atoms with Crippen molar-refractivity contribution in [1.29, 1.82) is 0 Å². The number of nitrogens with zero attached hydrogens (tertiary/aromatic N) is 2. The van der Waals surface area contributed by atoms with Crippen molar-refractivity contribution in [2.45, 2.75) is 6.92 Å². The number of carbonyl (C=O) groups excluding carboxylic acids is 2. The Morgan fingerprint density at radius 2 is 1.87 bits per heavy atom. The van der Waals surface area contributed by atoms with Gasteiger partial charge in [0.1, 0.15) is 23.0 Å². The van der Waals surface area contributed by atoms with Crippen molar-refractivity contribution in [2.75, 3.05) is 10.6 Å². The lowest BCUT2D eigenvalue weighted by Gasteiger charge is -2.08. The third-order valence-electron chi connectivity index (χ3n) is 2.74. The molecule has 0 atom stereocenters. The monoisotopic (exact) mass is 320 g/mol. The van der Waals surface area contributed by atoms with E-state index in [4.69, 9.17) is 0 Å². The summed E-state index contributed by atoms with van der Waals surface area (Å²) in [6.07, 6.45) is 1.12. The molecule has 9 heteroatoms. The van der Waals surface area contributed by atoms with Crippen LogP contribution in [0, 0.1) is 16.5 Å². The van der Waals surface area contributed by atoms with Gasteiger partial charge >= 0.3 is 0 Å². The van der Waals surface area contributed by atoms with Gasteiger partial charge in [-0.05, 0) is 29.4 Å². The summed E-state index contributed by atoms with van der Waals surface area (Å²) in [7, 11) is 0. The molecule has 2 amide bonds. The fourth-order valence-electron chi connectivity index (χ4n) is 1.69. The molecular formula is C14H10F2N4O3. The lowest BCUT2D eigenvalue weighted by Crippen LogP contribution is -2.15. The molecule has 1 aromatic carbocycles. The molecule has 0 unspecified atom stereocenters. The molecule has 0 radical (unpaired) electrons. The predicted octanol–water partition coefficient (Wildman–Crippen LogP) is 2.97. The van der Waals surface area contributed by atoms with Gasteiger partial charge in [-0.2, -0.15) is 0 Å². The highest BCUT2D eigenvalue weighted by Gasteiger charge is 2.17. The van der Waals surface area contributed by atoms with Crippen molar-refractivity contribution in [3.63, 3.8) is 0 Å².